The maximum absolute atomic E-state index is 13.6. The normalized spacial score (nSPS) is 19.8. The van der Waals surface area contributed by atoms with Crippen LogP contribution in [0.5, 0.6) is 0 Å². The molecule has 0 spiro atoms. The summed E-state index contributed by atoms with van der Waals surface area (Å²) in [5.74, 6) is -0.0931. The average molecular weight is 436 g/mol. The number of carbonyl (C=O) groups is 2. The van der Waals surface area contributed by atoms with E-state index in [0.29, 0.717) is 13.0 Å². The number of benzene rings is 3. The number of aromatic nitrogens is 1. The molecular weight excluding hydrogens is 410 g/mol. The van der Waals surface area contributed by atoms with Crippen LogP contribution >= 0.6 is 0 Å². The topological polar surface area (TPSA) is 56.4 Å². The highest BCUT2D eigenvalue weighted by Gasteiger charge is 2.51. The van der Waals surface area contributed by atoms with Gasteiger partial charge in [0.05, 0.1) is 12.6 Å². The molecule has 3 aromatic carbocycles. The zero-order chi connectivity index (χ0) is 22.4. The van der Waals surface area contributed by atoms with Gasteiger partial charge in [-0.2, -0.15) is 0 Å². The van der Waals surface area contributed by atoms with E-state index in [2.05, 4.69) is 29.2 Å². The molecule has 5 nitrogen and oxygen atoms in total. The Balaban J connectivity index is 1.38. The van der Waals surface area contributed by atoms with Crippen LogP contribution in [0.3, 0.4) is 0 Å². The summed E-state index contributed by atoms with van der Waals surface area (Å²) < 4.78 is 0. The van der Waals surface area contributed by atoms with Gasteiger partial charge in [-0.25, -0.2) is 4.79 Å². The summed E-state index contributed by atoms with van der Waals surface area (Å²) in [5, 5.41) is 1.15. The lowest BCUT2D eigenvalue weighted by molar-refractivity contribution is -0.129. The van der Waals surface area contributed by atoms with Crippen LogP contribution in [0.15, 0.2) is 84.9 Å². The smallest absolute Gasteiger partial charge is 0.328 e. The van der Waals surface area contributed by atoms with E-state index in [-0.39, 0.29) is 18.0 Å². The van der Waals surface area contributed by atoms with Crippen LogP contribution < -0.4 is 0 Å². The van der Waals surface area contributed by atoms with E-state index >= 15 is 0 Å². The Morgan fingerprint density at radius 3 is 2.24 bits per heavy atom. The third-order valence-corrected chi connectivity index (χ3v) is 6.98. The number of hydrogen-bond acceptors (Lipinski definition) is 2. The molecule has 0 saturated carbocycles. The van der Waals surface area contributed by atoms with Crippen molar-refractivity contribution in [2.75, 3.05) is 0 Å². The molecule has 2 aliphatic heterocycles. The number of aryl methyl sites for hydroxylation is 1. The summed E-state index contributed by atoms with van der Waals surface area (Å²) >= 11 is 0. The van der Waals surface area contributed by atoms with E-state index in [1.165, 1.54) is 16.0 Å². The molecule has 0 bridgehead atoms. The summed E-state index contributed by atoms with van der Waals surface area (Å²) in [6.45, 7) is 0.311. The minimum atomic E-state index is -0.450. The Labute approximate surface area is 192 Å². The largest absolute Gasteiger partial charge is 0.356 e. The predicted molar refractivity (Wildman–Crippen MR) is 128 cm³/mol. The molecule has 2 atom stereocenters. The highest BCUT2D eigenvalue weighted by atomic mass is 16.2. The standard InChI is InChI=1S/C28H25N3O2/c32-27-25-17-22-21-13-7-8-14-23(21)29-26(22)24(16-15-19-9-3-1-4-10-19)31(25)28(33)30(27)18-20-11-5-2-6-12-20/h1-14,24-25,29H,15-18H2/t24-,25-/m1/s1. The zero-order valence-corrected chi connectivity index (χ0v) is 18.3. The van der Waals surface area contributed by atoms with Gasteiger partial charge in [-0.15, -0.1) is 0 Å². The molecule has 164 valence electrons. The minimum Gasteiger partial charge on any atom is -0.356 e. The van der Waals surface area contributed by atoms with E-state index in [1.54, 1.807) is 0 Å². The van der Waals surface area contributed by atoms with Crippen molar-refractivity contribution in [3.8, 4) is 0 Å². The van der Waals surface area contributed by atoms with Crippen LogP contribution in [0.4, 0.5) is 4.79 Å². The van der Waals surface area contributed by atoms with Crippen molar-refractivity contribution in [2.45, 2.75) is 37.9 Å². The van der Waals surface area contributed by atoms with Crippen LogP contribution in [0.25, 0.3) is 10.9 Å². The Hall–Kier alpha value is -3.86. The fourth-order valence-corrected chi connectivity index (χ4v) is 5.40. The SMILES string of the molecule is O=C1[C@H]2Cc3c([nH]c4ccccc34)[C@@H](CCc3ccccc3)N2C(=O)N1Cc1ccccc1. The number of carbonyl (C=O) groups excluding carboxylic acids is 2. The molecular formula is C28H25N3O2. The minimum absolute atomic E-state index is 0.0931. The molecule has 6 rings (SSSR count). The molecule has 1 fully saturated rings. The summed E-state index contributed by atoms with van der Waals surface area (Å²) in [4.78, 5) is 34.0. The summed E-state index contributed by atoms with van der Waals surface area (Å²) in [6, 6.07) is 27.5. The number of hydrogen-bond donors (Lipinski definition) is 1. The lowest BCUT2D eigenvalue weighted by Crippen LogP contribution is -2.43. The highest BCUT2D eigenvalue weighted by molar-refractivity contribution is 6.05. The Morgan fingerprint density at radius 2 is 1.48 bits per heavy atom. The monoisotopic (exact) mass is 435 g/mol. The van der Waals surface area contributed by atoms with Crippen molar-refractivity contribution in [3.05, 3.63) is 107 Å². The van der Waals surface area contributed by atoms with Crippen LogP contribution in [0.2, 0.25) is 0 Å². The van der Waals surface area contributed by atoms with E-state index in [4.69, 9.17) is 0 Å². The Kier molecular flexibility index (Phi) is 4.75. The lowest BCUT2D eigenvalue weighted by Gasteiger charge is -2.35. The van der Waals surface area contributed by atoms with Gasteiger partial charge in [0.15, 0.2) is 0 Å². The van der Waals surface area contributed by atoms with Gasteiger partial charge in [0.1, 0.15) is 6.04 Å². The Bertz CT molecular complexity index is 1330. The second kappa shape index (κ2) is 7.93. The maximum atomic E-state index is 13.6. The summed E-state index contributed by atoms with van der Waals surface area (Å²) in [7, 11) is 0. The molecule has 2 aliphatic rings. The molecule has 5 heteroatoms. The van der Waals surface area contributed by atoms with E-state index in [9.17, 15) is 9.59 Å². The molecule has 3 heterocycles. The van der Waals surface area contributed by atoms with Gasteiger partial charge in [-0.3, -0.25) is 9.69 Å². The van der Waals surface area contributed by atoms with Crippen LogP contribution in [0, 0.1) is 0 Å². The molecule has 0 unspecified atom stereocenters. The molecule has 3 amide bonds. The first-order valence-electron chi connectivity index (χ1n) is 11.5. The molecule has 1 N–H and O–H groups in total. The van der Waals surface area contributed by atoms with Crippen molar-refractivity contribution in [2.24, 2.45) is 0 Å². The number of amides is 3. The number of imide groups is 1. The quantitative estimate of drug-likeness (QED) is 0.437. The van der Waals surface area contributed by atoms with Gasteiger partial charge in [-0.1, -0.05) is 78.9 Å². The van der Waals surface area contributed by atoms with Gasteiger partial charge in [0, 0.05) is 23.0 Å². The van der Waals surface area contributed by atoms with Gasteiger partial charge >= 0.3 is 6.03 Å². The van der Waals surface area contributed by atoms with Crippen molar-refractivity contribution in [3.63, 3.8) is 0 Å². The second-order valence-corrected chi connectivity index (χ2v) is 8.92. The zero-order valence-electron chi connectivity index (χ0n) is 18.3. The first-order chi connectivity index (χ1) is 16.2. The molecule has 1 saturated heterocycles. The molecule has 33 heavy (non-hydrogen) atoms. The van der Waals surface area contributed by atoms with Crippen LogP contribution in [-0.4, -0.2) is 32.8 Å². The first kappa shape index (κ1) is 19.8. The van der Waals surface area contributed by atoms with Gasteiger partial charge in [-0.05, 0) is 35.6 Å². The van der Waals surface area contributed by atoms with Crippen molar-refractivity contribution in [1.29, 1.82) is 0 Å². The number of fused-ring (bicyclic) bond motifs is 4. The number of nitrogens with one attached hydrogen (secondary N) is 1. The number of aromatic amines is 1. The molecule has 0 aliphatic carbocycles. The summed E-state index contributed by atoms with van der Waals surface area (Å²) in [5.41, 5.74) is 5.51. The predicted octanol–water partition coefficient (Wildman–Crippen LogP) is 5.23. The third-order valence-electron chi connectivity index (χ3n) is 6.98. The van der Waals surface area contributed by atoms with Gasteiger partial charge in [0.25, 0.3) is 5.91 Å². The fraction of sp³-hybridized carbons (Fsp3) is 0.214. The van der Waals surface area contributed by atoms with Crippen LogP contribution in [-0.2, 0) is 24.2 Å². The summed E-state index contributed by atoms with van der Waals surface area (Å²) in [6.07, 6.45) is 2.15. The average Bonchev–Trinajstić information content (AvgIpc) is 3.34. The van der Waals surface area contributed by atoms with Gasteiger partial charge < -0.3 is 9.88 Å². The Morgan fingerprint density at radius 1 is 0.818 bits per heavy atom. The number of nitrogens with zero attached hydrogens (tertiary/aromatic N) is 2. The van der Waals surface area contributed by atoms with Crippen molar-refractivity contribution < 1.29 is 9.59 Å². The molecule has 4 aromatic rings. The van der Waals surface area contributed by atoms with Crippen molar-refractivity contribution in [1.82, 2.24) is 14.8 Å². The van der Waals surface area contributed by atoms with E-state index in [1.807, 2.05) is 65.6 Å². The highest BCUT2D eigenvalue weighted by Crippen LogP contribution is 2.43. The molecule has 1 aromatic heterocycles. The number of para-hydroxylation sites is 1. The first-order valence-corrected chi connectivity index (χ1v) is 11.5. The van der Waals surface area contributed by atoms with E-state index < -0.39 is 6.04 Å². The number of H-pyrrole nitrogens is 1. The third kappa shape index (κ3) is 3.32. The number of rotatable bonds is 5. The fourth-order valence-electron chi connectivity index (χ4n) is 5.40. The van der Waals surface area contributed by atoms with Crippen LogP contribution in [0.1, 0.15) is 34.8 Å². The number of urea groups is 1. The van der Waals surface area contributed by atoms with Gasteiger partial charge in [0.2, 0.25) is 0 Å². The second-order valence-electron chi connectivity index (χ2n) is 8.92. The lowest BCUT2D eigenvalue weighted by atomic mass is 9.89. The van der Waals surface area contributed by atoms with E-state index in [0.717, 1.165) is 35.0 Å². The molecule has 0 radical (unpaired) electrons. The maximum Gasteiger partial charge on any atom is 0.328 e. The van der Waals surface area contributed by atoms with Crippen molar-refractivity contribution >= 4 is 22.8 Å².